The van der Waals surface area contributed by atoms with Gasteiger partial charge in [0.2, 0.25) is 5.95 Å². The third kappa shape index (κ3) is 2.66. The summed E-state index contributed by atoms with van der Waals surface area (Å²) in [7, 11) is 0. The lowest BCUT2D eigenvalue weighted by atomic mass is 10.0. The topological polar surface area (TPSA) is 58.1 Å². The second-order valence-electron chi connectivity index (χ2n) is 5.96. The molecule has 4 rings (SSSR count). The molecule has 0 unspecified atom stereocenters. The summed E-state index contributed by atoms with van der Waals surface area (Å²) in [5.41, 5.74) is 3.26. The van der Waals surface area contributed by atoms with Gasteiger partial charge in [-0.1, -0.05) is 24.3 Å². The zero-order valence-electron chi connectivity index (χ0n) is 12.3. The highest BCUT2D eigenvalue weighted by molar-refractivity contribution is 5.94. The highest BCUT2D eigenvalue weighted by Gasteiger charge is 2.24. The van der Waals surface area contributed by atoms with Crippen molar-refractivity contribution in [3.8, 4) is 0 Å². The van der Waals surface area contributed by atoms with Gasteiger partial charge < -0.3 is 10.2 Å². The van der Waals surface area contributed by atoms with E-state index < -0.39 is 0 Å². The first-order valence-electron chi connectivity index (χ1n) is 7.74. The minimum absolute atomic E-state index is 0.0713. The molecule has 0 radical (unpaired) electrons. The number of fused-ring (bicyclic) bond motifs is 1. The van der Waals surface area contributed by atoms with Crippen LogP contribution in [0.3, 0.4) is 0 Å². The summed E-state index contributed by atoms with van der Waals surface area (Å²) in [6.07, 6.45) is 6.42. The molecule has 1 N–H and O–H groups in total. The number of rotatable bonds is 3. The van der Waals surface area contributed by atoms with Crippen LogP contribution in [0, 0.1) is 0 Å². The molecule has 1 amide bonds. The van der Waals surface area contributed by atoms with Gasteiger partial charge in [-0.05, 0) is 30.4 Å². The van der Waals surface area contributed by atoms with E-state index in [4.69, 9.17) is 0 Å². The highest BCUT2D eigenvalue weighted by Crippen LogP contribution is 2.22. The Morgan fingerprint density at radius 2 is 1.86 bits per heavy atom. The SMILES string of the molecule is O=C(NC1CC1)c1cnc(N2CCc3ccccc3C2)nc1. The van der Waals surface area contributed by atoms with Crippen LogP contribution in [0.15, 0.2) is 36.7 Å². The minimum atomic E-state index is -0.0713. The smallest absolute Gasteiger partial charge is 0.254 e. The monoisotopic (exact) mass is 294 g/mol. The number of aromatic nitrogens is 2. The van der Waals surface area contributed by atoms with Gasteiger partial charge in [0.25, 0.3) is 5.91 Å². The fourth-order valence-electron chi connectivity index (χ4n) is 2.76. The van der Waals surface area contributed by atoms with Crippen molar-refractivity contribution < 1.29 is 4.79 Å². The maximum Gasteiger partial charge on any atom is 0.254 e. The summed E-state index contributed by atoms with van der Waals surface area (Å²) >= 11 is 0. The van der Waals surface area contributed by atoms with E-state index in [1.54, 1.807) is 12.4 Å². The van der Waals surface area contributed by atoms with Gasteiger partial charge in [-0.25, -0.2) is 9.97 Å². The Bertz CT molecular complexity index is 694. The largest absolute Gasteiger partial charge is 0.349 e. The second-order valence-corrected chi connectivity index (χ2v) is 5.96. The van der Waals surface area contributed by atoms with Crippen LogP contribution in [0.2, 0.25) is 0 Å². The first kappa shape index (κ1) is 13.2. The minimum Gasteiger partial charge on any atom is -0.349 e. The summed E-state index contributed by atoms with van der Waals surface area (Å²) in [6, 6.07) is 8.83. The fraction of sp³-hybridized carbons (Fsp3) is 0.353. The van der Waals surface area contributed by atoms with Crippen LogP contribution in [-0.2, 0) is 13.0 Å². The summed E-state index contributed by atoms with van der Waals surface area (Å²) in [5.74, 6) is 0.621. The zero-order valence-corrected chi connectivity index (χ0v) is 12.3. The van der Waals surface area contributed by atoms with Gasteiger partial charge in [-0.2, -0.15) is 0 Å². The number of carbonyl (C=O) groups excluding carboxylic acids is 1. The normalized spacial score (nSPS) is 17.0. The van der Waals surface area contributed by atoms with E-state index in [9.17, 15) is 4.79 Å². The number of nitrogens with one attached hydrogen (secondary N) is 1. The van der Waals surface area contributed by atoms with E-state index in [1.807, 2.05) is 0 Å². The quantitative estimate of drug-likeness (QED) is 0.940. The van der Waals surface area contributed by atoms with Crippen molar-refractivity contribution in [3.63, 3.8) is 0 Å². The molecule has 1 aliphatic carbocycles. The molecule has 0 bridgehead atoms. The Morgan fingerprint density at radius 1 is 1.14 bits per heavy atom. The number of anilines is 1. The summed E-state index contributed by atoms with van der Waals surface area (Å²) in [5, 5.41) is 2.95. The van der Waals surface area contributed by atoms with E-state index in [2.05, 4.69) is 44.5 Å². The predicted octanol–water partition coefficient (Wildman–Crippen LogP) is 1.93. The first-order valence-corrected chi connectivity index (χ1v) is 7.74. The summed E-state index contributed by atoms with van der Waals surface area (Å²) in [4.78, 5) is 22.9. The molecule has 0 spiro atoms. The molecular formula is C17H18N4O. The van der Waals surface area contributed by atoms with Gasteiger partial charge in [0, 0.05) is 31.5 Å². The lowest BCUT2D eigenvalue weighted by molar-refractivity contribution is 0.0950. The molecule has 1 aromatic carbocycles. The van der Waals surface area contributed by atoms with Gasteiger partial charge in [0.1, 0.15) is 0 Å². The van der Waals surface area contributed by atoms with Gasteiger partial charge >= 0.3 is 0 Å². The first-order chi connectivity index (χ1) is 10.8. The maximum atomic E-state index is 11.9. The summed E-state index contributed by atoms with van der Waals surface area (Å²) < 4.78 is 0. The van der Waals surface area contributed by atoms with E-state index >= 15 is 0 Å². The standard InChI is InChI=1S/C17H18N4O/c22-16(20-15-5-6-15)14-9-18-17(19-10-14)21-8-7-12-3-1-2-4-13(12)11-21/h1-4,9-10,15H,5-8,11H2,(H,20,22). The van der Waals surface area contributed by atoms with Gasteiger partial charge in [-0.3, -0.25) is 4.79 Å². The number of hydrogen-bond acceptors (Lipinski definition) is 4. The average Bonchev–Trinajstić information content (AvgIpc) is 3.38. The predicted molar refractivity (Wildman–Crippen MR) is 83.7 cm³/mol. The molecular weight excluding hydrogens is 276 g/mol. The highest BCUT2D eigenvalue weighted by atomic mass is 16.1. The van der Waals surface area contributed by atoms with Crippen LogP contribution in [-0.4, -0.2) is 28.5 Å². The molecule has 112 valence electrons. The molecule has 0 atom stereocenters. The van der Waals surface area contributed by atoms with E-state index in [0.717, 1.165) is 32.4 Å². The molecule has 1 fully saturated rings. The van der Waals surface area contributed by atoms with Crippen molar-refractivity contribution in [1.29, 1.82) is 0 Å². The zero-order chi connectivity index (χ0) is 14.9. The van der Waals surface area contributed by atoms with Crippen LogP contribution >= 0.6 is 0 Å². The maximum absolute atomic E-state index is 11.9. The van der Waals surface area contributed by atoms with Crippen molar-refractivity contribution in [2.45, 2.75) is 31.8 Å². The Kier molecular flexibility index (Phi) is 3.25. The van der Waals surface area contributed by atoms with Gasteiger partial charge in [0.05, 0.1) is 5.56 Å². The molecule has 2 aromatic rings. The number of benzene rings is 1. The Hall–Kier alpha value is -2.43. The molecule has 5 heteroatoms. The Balaban J connectivity index is 1.48. The van der Waals surface area contributed by atoms with Crippen molar-refractivity contribution in [2.75, 3.05) is 11.4 Å². The fourth-order valence-corrected chi connectivity index (χ4v) is 2.76. The van der Waals surface area contributed by atoms with E-state index in [0.29, 0.717) is 17.6 Å². The Labute approximate surface area is 129 Å². The summed E-state index contributed by atoms with van der Waals surface area (Å²) in [6.45, 7) is 1.73. The molecule has 5 nitrogen and oxygen atoms in total. The number of amides is 1. The van der Waals surface area contributed by atoms with E-state index in [1.165, 1.54) is 11.1 Å². The molecule has 2 aliphatic rings. The molecule has 1 saturated carbocycles. The lowest BCUT2D eigenvalue weighted by Crippen LogP contribution is -2.32. The number of nitrogens with zero attached hydrogens (tertiary/aromatic N) is 3. The van der Waals surface area contributed by atoms with Crippen molar-refractivity contribution >= 4 is 11.9 Å². The number of hydrogen-bond donors (Lipinski definition) is 1. The second kappa shape index (κ2) is 5.40. The third-order valence-electron chi connectivity index (χ3n) is 4.23. The van der Waals surface area contributed by atoms with Crippen LogP contribution < -0.4 is 10.2 Å². The van der Waals surface area contributed by atoms with Gasteiger partial charge in [0.15, 0.2) is 0 Å². The van der Waals surface area contributed by atoms with Crippen LogP contribution in [0.25, 0.3) is 0 Å². The van der Waals surface area contributed by atoms with E-state index in [-0.39, 0.29) is 5.91 Å². The van der Waals surface area contributed by atoms with Crippen LogP contribution in [0.5, 0.6) is 0 Å². The molecule has 1 aliphatic heterocycles. The van der Waals surface area contributed by atoms with Crippen molar-refractivity contribution in [3.05, 3.63) is 53.3 Å². The average molecular weight is 294 g/mol. The van der Waals surface area contributed by atoms with Gasteiger partial charge in [-0.15, -0.1) is 0 Å². The molecule has 2 heterocycles. The molecule has 22 heavy (non-hydrogen) atoms. The van der Waals surface area contributed by atoms with Crippen molar-refractivity contribution in [2.24, 2.45) is 0 Å². The van der Waals surface area contributed by atoms with Crippen LogP contribution in [0.4, 0.5) is 5.95 Å². The van der Waals surface area contributed by atoms with Crippen LogP contribution in [0.1, 0.15) is 34.3 Å². The Morgan fingerprint density at radius 3 is 2.59 bits per heavy atom. The van der Waals surface area contributed by atoms with Crippen molar-refractivity contribution in [1.82, 2.24) is 15.3 Å². The third-order valence-corrected chi connectivity index (χ3v) is 4.23. The molecule has 1 aromatic heterocycles. The number of carbonyl (C=O) groups is 1. The lowest BCUT2D eigenvalue weighted by Gasteiger charge is -2.28. The molecule has 0 saturated heterocycles.